The van der Waals surface area contributed by atoms with E-state index in [1.807, 2.05) is 30.3 Å². The van der Waals surface area contributed by atoms with E-state index in [4.69, 9.17) is 0 Å². The Balaban J connectivity index is 2.54. The molecular formula is C14H12O. The smallest absolute Gasteiger partial charge is 0.150 e. The van der Waals surface area contributed by atoms with Gasteiger partial charge in [-0.3, -0.25) is 4.79 Å². The number of aldehydes is 1. The summed E-state index contributed by atoms with van der Waals surface area (Å²) >= 11 is 0. The molecule has 0 N–H and O–H groups in total. The van der Waals surface area contributed by atoms with E-state index in [-0.39, 0.29) is 0 Å². The van der Waals surface area contributed by atoms with Crippen molar-refractivity contribution >= 4 is 17.1 Å². The summed E-state index contributed by atoms with van der Waals surface area (Å²) in [6.07, 6.45) is 3.64. The molecule has 1 heteroatoms. The molecule has 0 radical (unpaired) electrons. The number of hydrogen-bond acceptors (Lipinski definition) is 1. The minimum Gasteiger partial charge on any atom is -0.298 e. The van der Waals surface area contributed by atoms with E-state index in [1.165, 1.54) is 10.9 Å². The fourth-order valence-corrected chi connectivity index (χ4v) is 1.68. The Morgan fingerprint density at radius 1 is 1.07 bits per heavy atom. The van der Waals surface area contributed by atoms with Crippen LogP contribution in [-0.4, -0.2) is 6.29 Å². The fraction of sp³-hybridized carbons (Fsp3) is 0.0714. The summed E-state index contributed by atoms with van der Waals surface area (Å²) in [5.74, 6) is 0. The van der Waals surface area contributed by atoms with Crippen molar-refractivity contribution < 1.29 is 4.79 Å². The van der Waals surface area contributed by atoms with Gasteiger partial charge in [0.15, 0.2) is 0 Å². The Kier molecular flexibility index (Phi) is 2.64. The van der Waals surface area contributed by atoms with Crippen LogP contribution in [0.2, 0.25) is 0 Å². The summed E-state index contributed by atoms with van der Waals surface area (Å²) in [7, 11) is 0. The van der Waals surface area contributed by atoms with E-state index in [9.17, 15) is 4.79 Å². The number of rotatable bonds is 3. The lowest BCUT2D eigenvalue weighted by Gasteiger charge is -2.01. The van der Waals surface area contributed by atoms with Gasteiger partial charge in [0, 0.05) is 5.56 Å². The van der Waals surface area contributed by atoms with Crippen LogP contribution in [0.3, 0.4) is 0 Å². The maximum absolute atomic E-state index is 10.6. The molecule has 1 nitrogen and oxygen atoms in total. The Labute approximate surface area is 89.0 Å². The second kappa shape index (κ2) is 4.09. The summed E-state index contributed by atoms with van der Waals surface area (Å²) in [6.45, 7) is 3.72. The first kappa shape index (κ1) is 9.66. The second-order valence-corrected chi connectivity index (χ2v) is 3.55. The first-order valence-electron chi connectivity index (χ1n) is 4.92. The number of fused-ring (bicyclic) bond motifs is 1. The molecule has 0 heterocycles. The lowest BCUT2D eigenvalue weighted by molar-refractivity contribution is 0.112. The highest BCUT2D eigenvalue weighted by Crippen LogP contribution is 2.17. The largest absolute Gasteiger partial charge is 0.298 e. The zero-order chi connectivity index (χ0) is 10.7. The van der Waals surface area contributed by atoms with Crippen molar-refractivity contribution in [2.24, 2.45) is 0 Å². The van der Waals surface area contributed by atoms with Crippen molar-refractivity contribution in [1.82, 2.24) is 0 Å². The maximum Gasteiger partial charge on any atom is 0.150 e. The predicted octanol–water partition coefficient (Wildman–Crippen LogP) is 3.38. The average Bonchev–Trinajstić information content (AvgIpc) is 2.29. The number of carbonyl (C=O) groups is 1. The molecular weight excluding hydrogens is 184 g/mol. The molecule has 0 bridgehead atoms. The van der Waals surface area contributed by atoms with E-state index in [1.54, 1.807) is 0 Å². The van der Waals surface area contributed by atoms with Crippen molar-refractivity contribution in [3.8, 4) is 0 Å². The highest BCUT2D eigenvalue weighted by molar-refractivity contribution is 5.89. The van der Waals surface area contributed by atoms with Crippen LogP contribution in [0.15, 0.2) is 49.1 Å². The van der Waals surface area contributed by atoms with Gasteiger partial charge < -0.3 is 0 Å². The first-order valence-corrected chi connectivity index (χ1v) is 4.92. The van der Waals surface area contributed by atoms with Crippen LogP contribution in [0, 0.1) is 0 Å². The summed E-state index contributed by atoms with van der Waals surface area (Å²) in [5.41, 5.74) is 1.97. The Hall–Kier alpha value is -1.89. The molecule has 2 rings (SSSR count). The lowest BCUT2D eigenvalue weighted by Crippen LogP contribution is -1.83. The number of benzene rings is 2. The SMILES string of the molecule is C=CCc1ccc2cc(C=O)ccc2c1. The van der Waals surface area contributed by atoms with Crippen molar-refractivity contribution in [3.63, 3.8) is 0 Å². The van der Waals surface area contributed by atoms with Gasteiger partial charge in [-0.15, -0.1) is 6.58 Å². The van der Waals surface area contributed by atoms with Crippen LogP contribution >= 0.6 is 0 Å². The fourth-order valence-electron chi connectivity index (χ4n) is 1.68. The molecule has 0 atom stereocenters. The zero-order valence-electron chi connectivity index (χ0n) is 8.44. The van der Waals surface area contributed by atoms with E-state index >= 15 is 0 Å². The normalized spacial score (nSPS) is 10.1. The van der Waals surface area contributed by atoms with Crippen molar-refractivity contribution in [3.05, 3.63) is 60.2 Å². The van der Waals surface area contributed by atoms with E-state index in [0.717, 1.165) is 23.7 Å². The molecule has 0 aromatic heterocycles. The summed E-state index contributed by atoms with van der Waals surface area (Å²) in [6, 6.07) is 12.0. The molecule has 2 aromatic rings. The summed E-state index contributed by atoms with van der Waals surface area (Å²) < 4.78 is 0. The van der Waals surface area contributed by atoms with Crippen LogP contribution in [0.5, 0.6) is 0 Å². The first-order chi connectivity index (χ1) is 7.33. The molecule has 0 aliphatic carbocycles. The van der Waals surface area contributed by atoms with E-state index in [2.05, 4.69) is 18.7 Å². The van der Waals surface area contributed by atoms with Gasteiger partial charge in [0.25, 0.3) is 0 Å². The highest BCUT2D eigenvalue weighted by Gasteiger charge is 1.97. The molecule has 0 fully saturated rings. The third kappa shape index (κ3) is 1.96. The Morgan fingerprint density at radius 2 is 1.80 bits per heavy atom. The molecule has 15 heavy (non-hydrogen) atoms. The number of hydrogen-bond donors (Lipinski definition) is 0. The standard InChI is InChI=1S/C14H12O/c1-2-3-11-4-6-14-9-12(10-15)5-7-13(14)8-11/h2,4-10H,1,3H2. The van der Waals surface area contributed by atoms with Crippen LogP contribution < -0.4 is 0 Å². The molecule has 0 saturated heterocycles. The van der Waals surface area contributed by atoms with Gasteiger partial charge in [-0.25, -0.2) is 0 Å². The quantitative estimate of drug-likeness (QED) is 0.543. The van der Waals surface area contributed by atoms with Gasteiger partial charge in [-0.1, -0.05) is 36.4 Å². The van der Waals surface area contributed by atoms with E-state index < -0.39 is 0 Å². The van der Waals surface area contributed by atoms with Gasteiger partial charge in [0.1, 0.15) is 6.29 Å². The summed E-state index contributed by atoms with van der Waals surface area (Å²) in [5, 5.41) is 2.27. The average molecular weight is 196 g/mol. The maximum atomic E-state index is 10.6. The highest BCUT2D eigenvalue weighted by atomic mass is 16.1. The van der Waals surface area contributed by atoms with Crippen molar-refractivity contribution in [2.45, 2.75) is 6.42 Å². The van der Waals surface area contributed by atoms with Gasteiger partial charge in [-0.05, 0) is 28.8 Å². The van der Waals surface area contributed by atoms with Crippen LogP contribution in [0.1, 0.15) is 15.9 Å². The second-order valence-electron chi connectivity index (χ2n) is 3.55. The molecule has 0 aliphatic heterocycles. The molecule has 0 amide bonds. The van der Waals surface area contributed by atoms with E-state index in [0.29, 0.717) is 0 Å². The number of carbonyl (C=O) groups excluding carboxylic acids is 1. The van der Waals surface area contributed by atoms with Crippen LogP contribution in [0.4, 0.5) is 0 Å². The van der Waals surface area contributed by atoms with Gasteiger partial charge >= 0.3 is 0 Å². The third-order valence-corrected chi connectivity index (χ3v) is 2.44. The van der Waals surface area contributed by atoms with Gasteiger partial charge in [0.05, 0.1) is 0 Å². The molecule has 2 aromatic carbocycles. The minimum absolute atomic E-state index is 0.721. The predicted molar refractivity (Wildman–Crippen MR) is 63.2 cm³/mol. The molecule has 74 valence electrons. The van der Waals surface area contributed by atoms with Gasteiger partial charge in [0.2, 0.25) is 0 Å². The van der Waals surface area contributed by atoms with Crippen LogP contribution in [-0.2, 0) is 6.42 Å². The summed E-state index contributed by atoms with van der Waals surface area (Å²) in [4.78, 5) is 10.6. The molecule has 0 saturated carbocycles. The topological polar surface area (TPSA) is 17.1 Å². The molecule has 0 spiro atoms. The lowest BCUT2D eigenvalue weighted by atomic mass is 10.0. The van der Waals surface area contributed by atoms with Gasteiger partial charge in [-0.2, -0.15) is 0 Å². The minimum atomic E-state index is 0.721. The Bertz CT molecular complexity index is 512. The zero-order valence-corrected chi connectivity index (χ0v) is 8.44. The number of allylic oxidation sites excluding steroid dienone is 1. The van der Waals surface area contributed by atoms with Crippen molar-refractivity contribution in [1.29, 1.82) is 0 Å². The molecule has 0 aliphatic rings. The third-order valence-electron chi connectivity index (χ3n) is 2.44. The van der Waals surface area contributed by atoms with Crippen LogP contribution in [0.25, 0.3) is 10.8 Å². The van der Waals surface area contributed by atoms with Crippen molar-refractivity contribution in [2.75, 3.05) is 0 Å². The molecule has 0 unspecified atom stereocenters. The monoisotopic (exact) mass is 196 g/mol. The Morgan fingerprint density at radius 3 is 2.53 bits per heavy atom.